The number of carbonyl (C=O) groups is 3. The SMILES string of the molecule is COC(=O)CCCCCCCCCCCNC(=O)c1cccc(COc2c(Cl)cc(C(=O)N[C@H]3[C@@H](OC)O[C@H](CO)[C@@H](O)[C@@H]3O)c(C)c2Cl)c1. The van der Waals surface area contributed by atoms with Gasteiger partial charge in [-0.1, -0.05) is 80.3 Å². The summed E-state index contributed by atoms with van der Waals surface area (Å²) in [7, 11) is 2.72. The molecule has 5 N–H and O–H groups in total. The maximum Gasteiger partial charge on any atom is 0.305 e. The topological polar surface area (TPSA) is 173 Å². The van der Waals surface area contributed by atoms with Gasteiger partial charge in [0.2, 0.25) is 0 Å². The van der Waals surface area contributed by atoms with Crippen LogP contribution in [0, 0.1) is 6.92 Å². The van der Waals surface area contributed by atoms with E-state index in [1.807, 2.05) is 6.07 Å². The number of ether oxygens (including phenoxy) is 4. The molecule has 1 aliphatic heterocycles. The number of aliphatic hydroxyl groups is 3. The second-order valence-corrected chi connectivity index (χ2v) is 13.2. The summed E-state index contributed by atoms with van der Waals surface area (Å²) < 4.78 is 21.3. The lowest BCUT2D eigenvalue weighted by atomic mass is 9.96. The Morgan fingerprint density at radius 2 is 1.56 bits per heavy atom. The highest BCUT2D eigenvalue weighted by atomic mass is 35.5. The standard InChI is InChI=1S/C36H50Cl2N2O10/c1-22-25(35(46)40-30-32(44)31(43)27(20-41)50-36(30)48-3)19-26(37)33(29(22)38)49-21-23-14-13-15-24(18-23)34(45)39-17-12-10-8-6-4-5-7-9-11-16-28(42)47-2/h13-15,18-19,27,30-32,36,41,43-44H,4-12,16-17,20-21H2,1-3H3,(H,39,45)(H,40,46)/t27-,30-,31-,32-,36+/m1/s1. The summed E-state index contributed by atoms with van der Waals surface area (Å²) in [5.41, 5.74) is 1.68. The molecule has 5 atom stereocenters. The quantitative estimate of drug-likeness (QED) is 0.0932. The number of esters is 1. The van der Waals surface area contributed by atoms with E-state index in [2.05, 4.69) is 15.4 Å². The largest absolute Gasteiger partial charge is 0.486 e. The molecule has 2 aromatic rings. The van der Waals surface area contributed by atoms with E-state index in [-0.39, 0.29) is 39.8 Å². The molecule has 0 radical (unpaired) electrons. The minimum absolute atomic E-state index is 0.0574. The molecule has 0 aliphatic carbocycles. The van der Waals surface area contributed by atoms with Gasteiger partial charge in [0.15, 0.2) is 12.0 Å². The minimum Gasteiger partial charge on any atom is -0.486 e. The van der Waals surface area contributed by atoms with Gasteiger partial charge in [-0.05, 0) is 49.1 Å². The molecule has 1 heterocycles. The molecule has 1 aliphatic rings. The third-order valence-corrected chi connectivity index (χ3v) is 9.46. The molecule has 0 bridgehead atoms. The fourth-order valence-corrected chi connectivity index (χ4v) is 6.29. The number of unbranched alkanes of at least 4 members (excludes halogenated alkanes) is 8. The molecule has 0 unspecified atom stereocenters. The van der Waals surface area contributed by atoms with Crippen LogP contribution in [0.5, 0.6) is 5.75 Å². The van der Waals surface area contributed by atoms with Gasteiger partial charge in [0.1, 0.15) is 31.0 Å². The molecule has 2 aromatic carbocycles. The van der Waals surface area contributed by atoms with Crippen LogP contribution < -0.4 is 15.4 Å². The van der Waals surface area contributed by atoms with E-state index in [9.17, 15) is 29.7 Å². The van der Waals surface area contributed by atoms with E-state index in [0.29, 0.717) is 29.7 Å². The lowest BCUT2D eigenvalue weighted by molar-refractivity contribution is -0.261. The van der Waals surface area contributed by atoms with Crippen molar-refractivity contribution in [1.29, 1.82) is 0 Å². The lowest BCUT2D eigenvalue weighted by Gasteiger charge is -2.41. The van der Waals surface area contributed by atoms with Crippen molar-refractivity contribution in [3.05, 3.63) is 62.6 Å². The molecule has 12 nitrogen and oxygen atoms in total. The summed E-state index contributed by atoms with van der Waals surface area (Å²) in [4.78, 5) is 37.2. The molecule has 14 heteroatoms. The van der Waals surface area contributed by atoms with Crippen molar-refractivity contribution in [2.75, 3.05) is 27.4 Å². The van der Waals surface area contributed by atoms with Gasteiger partial charge in [-0.25, -0.2) is 0 Å². The average Bonchev–Trinajstić information content (AvgIpc) is 3.12. The number of rotatable bonds is 20. The normalized spacial score (nSPS) is 20.3. The molecule has 0 spiro atoms. The second-order valence-electron chi connectivity index (χ2n) is 12.4. The smallest absolute Gasteiger partial charge is 0.305 e. The van der Waals surface area contributed by atoms with Crippen molar-refractivity contribution in [2.24, 2.45) is 0 Å². The Labute approximate surface area is 303 Å². The predicted molar refractivity (Wildman–Crippen MR) is 189 cm³/mol. The number of carbonyl (C=O) groups excluding carboxylic acids is 3. The zero-order valence-electron chi connectivity index (χ0n) is 28.9. The van der Waals surface area contributed by atoms with Crippen LogP contribution in [0.3, 0.4) is 0 Å². The van der Waals surface area contributed by atoms with Gasteiger partial charge >= 0.3 is 5.97 Å². The van der Waals surface area contributed by atoms with Crippen LogP contribution in [0.15, 0.2) is 30.3 Å². The molecular weight excluding hydrogens is 691 g/mol. The van der Waals surface area contributed by atoms with Crippen LogP contribution in [0.1, 0.15) is 96.1 Å². The van der Waals surface area contributed by atoms with Crippen LogP contribution in [0.25, 0.3) is 0 Å². The Morgan fingerprint density at radius 3 is 2.20 bits per heavy atom. The maximum absolute atomic E-state index is 13.2. The highest BCUT2D eigenvalue weighted by Crippen LogP contribution is 2.38. The number of nitrogens with one attached hydrogen (secondary N) is 2. The van der Waals surface area contributed by atoms with E-state index in [1.54, 1.807) is 25.1 Å². The van der Waals surface area contributed by atoms with E-state index in [4.69, 9.17) is 37.4 Å². The number of methoxy groups -OCH3 is 2. The zero-order chi connectivity index (χ0) is 36.6. The molecule has 50 heavy (non-hydrogen) atoms. The number of hydrogen-bond donors (Lipinski definition) is 5. The lowest BCUT2D eigenvalue weighted by Crippen LogP contribution is -2.64. The molecule has 2 amide bonds. The summed E-state index contributed by atoms with van der Waals surface area (Å²) >= 11 is 13.1. The predicted octanol–water partition coefficient (Wildman–Crippen LogP) is 4.87. The first kappa shape index (κ1) is 41.5. The summed E-state index contributed by atoms with van der Waals surface area (Å²) in [6.45, 7) is 1.71. The number of hydrogen-bond acceptors (Lipinski definition) is 10. The highest BCUT2D eigenvalue weighted by molar-refractivity contribution is 6.38. The van der Waals surface area contributed by atoms with Gasteiger partial charge in [-0.2, -0.15) is 0 Å². The number of halogens is 2. The molecule has 0 aromatic heterocycles. The third-order valence-electron chi connectivity index (χ3n) is 8.72. The van der Waals surface area contributed by atoms with Crippen LogP contribution in [0.4, 0.5) is 0 Å². The Morgan fingerprint density at radius 1 is 0.900 bits per heavy atom. The van der Waals surface area contributed by atoms with E-state index < -0.39 is 43.2 Å². The summed E-state index contributed by atoms with van der Waals surface area (Å²) in [6.07, 6.45) is 4.93. The van der Waals surface area contributed by atoms with E-state index in [1.165, 1.54) is 26.7 Å². The molecule has 1 saturated heterocycles. The van der Waals surface area contributed by atoms with Crippen LogP contribution >= 0.6 is 23.2 Å². The fraction of sp³-hybridized carbons (Fsp3) is 0.583. The Balaban J connectivity index is 1.45. The zero-order valence-corrected chi connectivity index (χ0v) is 30.4. The van der Waals surface area contributed by atoms with E-state index in [0.717, 1.165) is 51.4 Å². The first-order chi connectivity index (χ1) is 24.0. The first-order valence-electron chi connectivity index (χ1n) is 17.0. The Kier molecular flexibility index (Phi) is 17.7. The minimum atomic E-state index is -1.48. The monoisotopic (exact) mass is 740 g/mol. The Bertz CT molecular complexity index is 1410. The van der Waals surface area contributed by atoms with Gasteiger partial charge in [-0.3, -0.25) is 14.4 Å². The van der Waals surface area contributed by atoms with Gasteiger partial charge in [-0.15, -0.1) is 0 Å². The van der Waals surface area contributed by atoms with Gasteiger partial charge < -0.3 is 44.9 Å². The van der Waals surface area contributed by atoms with Crippen molar-refractivity contribution in [1.82, 2.24) is 10.6 Å². The second kappa shape index (κ2) is 21.4. The van der Waals surface area contributed by atoms with Crippen LogP contribution in [0.2, 0.25) is 10.0 Å². The Hall–Kier alpha value is -2.97. The van der Waals surface area contributed by atoms with Crippen molar-refractivity contribution in [3.8, 4) is 5.75 Å². The molecule has 278 valence electrons. The molecule has 0 saturated carbocycles. The third kappa shape index (κ3) is 12.1. The molecular formula is C36H50Cl2N2O10. The van der Waals surface area contributed by atoms with Gasteiger partial charge in [0.05, 0.1) is 23.8 Å². The highest BCUT2D eigenvalue weighted by Gasteiger charge is 2.45. The fourth-order valence-electron chi connectivity index (χ4n) is 5.72. The average molecular weight is 742 g/mol. The first-order valence-corrected chi connectivity index (χ1v) is 17.8. The van der Waals surface area contributed by atoms with E-state index >= 15 is 0 Å². The van der Waals surface area contributed by atoms with Crippen molar-refractivity contribution in [3.63, 3.8) is 0 Å². The number of amides is 2. The van der Waals surface area contributed by atoms with Crippen LogP contribution in [-0.4, -0.2) is 91.1 Å². The summed E-state index contributed by atoms with van der Waals surface area (Å²) in [5, 5.41) is 36.0. The van der Waals surface area contributed by atoms with Gasteiger partial charge in [0.25, 0.3) is 11.8 Å². The van der Waals surface area contributed by atoms with Crippen molar-refractivity contribution < 1.29 is 48.7 Å². The van der Waals surface area contributed by atoms with Gasteiger partial charge in [0, 0.05) is 31.2 Å². The number of benzene rings is 2. The van der Waals surface area contributed by atoms with Crippen molar-refractivity contribution >= 4 is 41.0 Å². The maximum atomic E-state index is 13.2. The summed E-state index contributed by atoms with van der Waals surface area (Å²) in [5.74, 6) is -0.813. The summed E-state index contributed by atoms with van der Waals surface area (Å²) in [6, 6.07) is 7.27. The van der Waals surface area contributed by atoms with Crippen LogP contribution in [-0.2, 0) is 25.6 Å². The number of aliphatic hydroxyl groups excluding tert-OH is 3. The molecule has 3 rings (SSSR count). The van der Waals surface area contributed by atoms with Crippen molar-refractivity contribution in [2.45, 2.75) is 108 Å². The molecule has 1 fully saturated rings.